The molecular formula is C18H20F3N3O2S. The SMILES string of the molecule is O=[N+]([O-])c1ccccc1-c1ccc(CNCC2CCN(CC(F)(F)F)C2)s1. The summed E-state index contributed by atoms with van der Waals surface area (Å²) in [5.41, 5.74) is 0.673. The lowest BCUT2D eigenvalue weighted by Gasteiger charge is -2.17. The van der Waals surface area contributed by atoms with Gasteiger partial charge in [0.25, 0.3) is 5.69 Å². The predicted molar refractivity (Wildman–Crippen MR) is 98.7 cm³/mol. The summed E-state index contributed by atoms with van der Waals surface area (Å²) >= 11 is 1.48. The minimum absolute atomic E-state index is 0.0783. The Bertz CT molecular complexity index is 794. The van der Waals surface area contributed by atoms with Gasteiger partial charge in [0.05, 0.1) is 17.0 Å². The summed E-state index contributed by atoms with van der Waals surface area (Å²) in [6.45, 7) is 1.35. The van der Waals surface area contributed by atoms with Gasteiger partial charge >= 0.3 is 6.18 Å². The molecule has 0 spiro atoms. The van der Waals surface area contributed by atoms with Crippen molar-refractivity contribution >= 4 is 17.0 Å². The van der Waals surface area contributed by atoms with Gasteiger partial charge in [-0.3, -0.25) is 15.0 Å². The number of nitro benzene ring substituents is 1. The van der Waals surface area contributed by atoms with Crippen LogP contribution in [0.15, 0.2) is 36.4 Å². The first-order valence-corrected chi connectivity index (χ1v) is 9.46. The van der Waals surface area contributed by atoms with Gasteiger partial charge in [0, 0.05) is 28.9 Å². The summed E-state index contributed by atoms with van der Waals surface area (Å²) in [6, 6.07) is 10.4. The molecule has 1 aromatic heterocycles. The Morgan fingerprint density at radius 1 is 1.26 bits per heavy atom. The number of halogens is 3. The molecule has 1 fully saturated rings. The molecule has 0 bridgehead atoms. The van der Waals surface area contributed by atoms with Gasteiger partial charge in [-0.15, -0.1) is 11.3 Å². The van der Waals surface area contributed by atoms with Crippen LogP contribution in [0, 0.1) is 16.0 Å². The van der Waals surface area contributed by atoms with Gasteiger partial charge in [-0.25, -0.2) is 0 Å². The molecule has 1 saturated heterocycles. The minimum atomic E-state index is -4.14. The van der Waals surface area contributed by atoms with E-state index in [9.17, 15) is 23.3 Å². The molecule has 3 rings (SSSR count). The average Bonchev–Trinajstić information content (AvgIpc) is 3.23. The summed E-state index contributed by atoms with van der Waals surface area (Å²) in [6.07, 6.45) is -3.38. The third kappa shape index (κ3) is 5.50. The second kappa shape index (κ2) is 8.37. The Labute approximate surface area is 159 Å². The van der Waals surface area contributed by atoms with Crippen molar-refractivity contribution < 1.29 is 18.1 Å². The molecule has 27 heavy (non-hydrogen) atoms. The van der Waals surface area contributed by atoms with E-state index in [2.05, 4.69) is 5.32 Å². The third-order valence-electron chi connectivity index (χ3n) is 4.53. The summed E-state index contributed by atoms with van der Waals surface area (Å²) < 4.78 is 37.3. The van der Waals surface area contributed by atoms with E-state index in [-0.39, 0.29) is 16.5 Å². The fourth-order valence-electron chi connectivity index (χ4n) is 3.34. The predicted octanol–water partition coefficient (Wildman–Crippen LogP) is 4.30. The van der Waals surface area contributed by atoms with E-state index in [1.54, 1.807) is 18.2 Å². The van der Waals surface area contributed by atoms with Crippen molar-refractivity contribution in [2.45, 2.75) is 19.1 Å². The summed E-state index contributed by atoms with van der Waals surface area (Å²) in [4.78, 5) is 14.1. The van der Waals surface area contributed by atoms with Crippen LogP contribution in [-0.2, 0) is 6.54 Å². The molecular weight excluding hydrogens is 379 g/mol. The number of nitrogens with one attached hydrogen (secondary N) is 1. The smallest absolute Gasteiger partial charge is 0.312 e. The van der Waals surface area contributed by atoms with Crippen molar-refractivity contribution in [2.24, 2.45) is 5.92 Å². The van der Waals surface area contributed by atoms with Crippen LogP contribution in [0.1, 0.15) is 11.3 Å². The van der Waals surface area contributed by atoms with E-state index >= 15 is 0 Å². The molecule has 1 aliphatic heterocycles. The second-order valence-electron chi connectivity index (χ2n) is 6.68. The first kappa shape index (κ1) is 19.8. The summed E-state index contributed by atoms with van der Waals surface area (Å²) in [5.74, 6) is 0.210. The molecule has 1 N–H and O–H groups in total. The molecule has 2 aromatic rings. The van der Waals surface area contributed by atoms with Crippen LogP contribution in [-0.4, -0.2) is 42.2 Å². The number of thiophene rings is 1. The van der Waals surface area contributed by atoms with Crippen LogP contribution in [0.5, 0.6) is 0 Å². The highest BCUT2D eigenvalue weighted by Gasteiger charge is 2.34. The van der Waals surface area contributed by atoms with Crippen LogP contribution in [0.2, 0.25) is 0 Å². The molecule has 5 nitrogen and oxygen atoms in total. The third-order valence-corrected chi connectivity index (χ3v) is 5.65. The number of rotatable bonds is 7. The molecule has 0 saturated carbocycles. The van der Waals surface area contributed by atoms with E-state index in [0.717, 1.165) is 16.2 Å². The number of para-hydroxylation sites is 1. The van der Waals surface area contributed by atoms with Gasteiger partial charge in [0.1, 0.15) is 0 Å². The van der Waals surface area contributed by atoms with Crippen molar-refractivity contribution in [3.8, 4) is 10.4 Å². The fraction of sp³-hybridized carbons (Fsp3) is 0.444. The van der Waals surface area contributed by atoms with Crippen molar-refractivity contribution in [1.82, 2.24) is 10.2 Å². The Balaban J connectivity index is 1.51. The molecule has 0 amide bonds. The molecule has 0 radical (unpaired) electrons. The van der Waals surface area contributed by atoms with Crippen molar-refractivity contribution in [1.29, 1.82) is 0 Å². The van der Waals surface area contributed by atoms with Gasteiger partial charge in [0.15, 0.2) is 0 Å². The number of nitrogens with zero attached hydrogens (tertiary/aromatic N) is 2. The highest BCUT2D eigenvalue weighted by molar-refractivity contribution is 7.15. The first-order valence-electron chi connectivity index (χ1n) is 8.64. The largest absolute Gasteiger partial charge is 0.401 e. The zero-order valence-electron chi connectivity index (χ0n) is 14.5. The van der Waals surface area contributed by atoms with Crippen molar-refractivity contribution in [3.63, 3.8) is 0 Å². The highest BCUT2D eigenvalue weighted by atomic mass is 32.1. The standard InChI is InChI=1S/C18H20F3N3O2S/c19-18(20,21)12-23-8-7-13(11-23)9-22-10-14-5-6-17(27-14)15-3-1-2-4-16(15)24(25)26/h1-6,13,22H,7-12H2. The van der Waals surface area contributed by atoms with Crippen molar-refractivity contribution in [3.05, 3.63) is 51.4 Å². The number of likely N-dealkylation sites (tertiary alicyclic amines) is 1. The molecule has 0 aliphatic carbocycles. The van der Waals surface area contributed by atoms with Crippen molar-refractivity contribution in [2.75, 3.05) is 26.2 Å². The van der Waals surface area contributed by atoms with Gasteiger partial charge in [0.2, 0.25) is 0 Å². The lowest BCUT2D eigenvalue weighted by molar-refractivity contribution is -0.384. The van der Waals surface area contributed by atoms with Crippen LogP contribution < -0.4 is 5.32 Å². The molecule has 146 valence electrons. The number of hydrogen-bond acceptors (Lipinski definition) is 5. The molecule has 1 aromatic carbocycles. The van der Waals surface area contributed by atoms with E-state index in [1.165, 1.54) is 22.3 Å². The first-order chi connectivity index (χ1) is 12.8. The highest BCUT2D eigenvalue weighted by Crippen LogP contribution is 2.34. The molecule has 2 heterocycles. The van der Waals surface area contributed by atoms with Gasteiger partial charge in [-0.1, -0.05) is 12.1 Å². The van der Waals surface area contributed by atoms with Crippen LogP contribution in [0.3, 0.4) is 0 Å². The Kier molecular flexibility index (Phi) is 6.13. The van der Waals surface area contributed by atoms with Gasteiger partial charge in [-0.05, 0) is 43.6 Å². The zero-order chi connectivity index (χ0) is 19.4. The number of nitro groups is 1. The molecule has 1 atom stereocenters. The number of hydrogen-bond donors (Lipinski definition) is 1. The zero-order valence-corrected chi connectivity index (χ0v) is 15.4. The summed E-state index contributed by atoms with van der Waals surface area (Å²) in [7, 11) is 0. The lowest BCUT2D eigenvalue weighted by atomic mass is 10.1. The van der Waals surface area contributed by atoms with Crippen LogP contribution in [0.4, 0.5) is 18.9 Å². The monoisotopic (exact) mass is 399 g/mol. The lowest BCUT2D eigenvalue weighted by Crippen LogP contribution is -2.33. The molecule has 1 aliphatic rings. The maximum atomic E-state index is 12.4. The van der Waals surface area contributed by atoms with Crippen LogP contribution in [0.25, 0.3) is 10.4 Å². The van der Waals surface area contributed by atoms with Crippen LogP contribution >= 0.6 is 11.3 Å². The molecule has 1 unspecified atom stereocenters. The van der Waals surface area contributed by atoms with E-state index in [4.69, 9.17) is 0 Å². The fourth-order valence-corrected chi connectivity index (χ4v) is 4.35. The Morgan fingerprint density at radius 2 is 2.04 bits per heavy atom. The quantitative estimate of drug-likeness (QED) is 0.557. The maximum Gasteiger partial charge on any atom is 0.401 e. The molecule has 9 heteroatoms. The Morgan fingerprint density at radius 3 is 2.78 bits per heavy atom. The average molecular weight is 399 g/mol. The van der Waals surface area contributed by atoms with Gasteiger partial charge < -0.3 is 5.32 Å². The Hall–Kier alpha value is -1.97. The van der Waals surface area contributed by atoms with Gasteiger partial charge in [-0.2, -0.15) is 13.2 Å². The number of benzene rings is 1. The van der Waals surface area contributed by atoms with E-state index in [0.29, 0.717) is 31.7 Å². The summed E-state index contributed by atoms with van der Waals surface area (Å²) in [5, 5.41) is 14.5. The minimum Gasteiger partial charge on any atom is -0.312 e. The maximum absolute atomic E-state index is 12.4. The normalized spacial score (nSPS) is 18.1. The topological polar surface area (TPSA) is 58.4 Å². The van der Waals surface area contributed by atoms with E-state index in [1.807, 2.05) is 12.1 Å². The second-order valence-corrected chi connectivity index (χ2v) is 7.84. The van der Waals surface area contributed by atoms with E-state index < -0.39 is 12.7 Å². The number of alkyl halides is 3.